The van der Waals surface area contributed by atoms with E-state index in [-0.39, 0.29) is 0 Å². The zero-order valence-electron chi connectivity index (χ0n) is 8.45. The highest BCUT2D eigenvalue weighted by Gasteiger charge is 1.98. The van der Waals surface area contributed by atoms with Crippen LogP contribution in [0.25, 0.3) is 0 Å². The van der Waals surface area contributed by atoms with E-state index < -0.39 is 0 Å². The standard InChI is InChI=1S/C9H15ClN4O/c10-8-6-12-7-14-9(8)13-3-1-4-15-5-2-11/h6-7H,1-5,11H2,(H,12,13,14). The molecule has 0 saturated heterocycles. The lowest BCUT2D eigenvalue weighted by molar-refractivity contribution is 0.141. The normalized spacial score (nSPS) is 10.3. The van der Waals surface area contributed by atoms with Crippen molar-refractivity contribution in [3.05, 3.63) is 17.5 Å². The number of hydrogen-bond acceptors (Lipinski definition) is 5. The molecule has 0 atom stereocenters. The van der Waals surface area contributed by atoms with Crippen molar-refractivity contribution in [1.82, 2.24) is 9.97 Å². The van der Waals surface area contributed by atoms with Crippen LogP contribution in [0.4, 0.5) is 5.82 Å². The van der Waals surface area contributed by atoms with Gasteiger partial charge in [-0.25, -0.2) is 9.97 Å². The summed E-state index contributed by atoms with van der Waals surface area (Å²) in [5, 5.41) is 3.62. The van der Waals surface area contributed by atoms with Gasteiger partial charge in [-0.15, -0.1) is 0 Å². The van der Waals surface area contributed by atoms with Crippen LogP contribution in [0.5, 0.6) is 0 Å². The smallest absolute Gasteiger partial charge is 0.148 e. The minimum atomic E-state index is 0.528. The van der Waals surface area contributed by atoms with Crippen molar-refractivity contribution in [2.45, 2.75) is 6.42 Å². The summed E-state index contributed by atoms with van der Waals surface area (Å²) in [6.45, 7) is 2.62. The molecule has 15 heavy (non-hydrogen) atoms. The lowest BCUT2D eigenvalue weighted by Crippen LogP contribution is -2.12. The maximum absolute atomic E-state index is 5.85. The first kappa shape index (κ1) is 12.2. The lowest BCUT2D eigenvalue weighted by Gasteiger charge is -2.06. The number of halogens is 1. The molecule has 0 fully saturated rings. The Morgan fingerprint density at radius 3 is 3.07 bits per heavy atom. The number of rotatable bonds is 7. The Morgan fingerprint density at radius 1 is 1.47 bits per heavy atom. The Morgan fingerprint density at radius 2 is 2.33 bits per heavy atom. The van der Waals surface area contributed by atoms with Crippen LogP contribution in [0.3, 0.4) is 0 Å². The van der Waals surface area contributed by atoms with Gasteiger partial charge in [0.25, 0.3) is 0 Å². The van der Waals surface area contributed by atoms with Crippen LogP contribution >= 0.6 is 11.6 Å². The molecule has 1 heterocycles. The third kappa shape index (κ3) is 4.92. The second kappa shape index (κ2) is 7.39. The van der Waals surface area contributed by atoms with Crippen LogP contribution in [0.2, 0.25) is 5.02 Å². The molecule has 6 heteroatoms. The van der Waals surface area contributed by atoms with Gasteiger partial charge >= 0.3 is 0 Å². The molecule has 1 rings (SSSR count). The maximum Gasteiger partial charge on any atom is 0.148 e. The highest BCUT2D eigenvalue weighted by atomic mass is 35.5. The SMILES string of the molecule is NCCOCCCNc1ncncc1Cl. The lowest BCUT2D eigenvalue weighted by atomic mass is 10.4. The number of anilines is 1. The summed E-state index contributed by atoms with van der Waals surface area (Å²) in [6.07, 6.45) is 3.90. The second-order valence-electron chi connectivity index (χ2n) is 2.90. The largest absolute Gasteiger partial charge is 0.380 e. The van der Waals surface area contributed by atoms with Crippen molar-refractivity contribution < 1.29 is 4.74 Å². The van der Waals surface area contributed by atoms with E-state index in [4.69, 9.17) is 22.1 Å². The zero-order valence-corrected chi connectivity index (χ0v) is 9.20. The molecule has 0 aliphatic carbocycles. The van der Waals surface area contributed by atoms with E-state index in [0.29, 0.717) is 30.6 Å². The number of ether oxygens (including phenoxy) is 1. The third-order valence-electron chi connectivity index (χ3n) is 1.69. The van der Waals surface area contributed by atoms with Crippen molar-refractivity contribution in [1.29, 1.82) is 0 Å². The molecule has 3 N–H and O–H groups in total. The summed E-state index contributed by atoms with van der Waals surface area (Å²) in [7, 11) is 0. The van der Waals surface area contributed by atoms with Gasteiger partial charge in [0.2, 0.25) is 0 Å². The molecule has 0 unspecified atom stereocenters. The first-order valence-electron chi connectivity index (χ1n) is 4.82. The van der Waals surface area contributed by atoms with Crippen LogP contribution in [0.1, 0.15) is 6.42 Å². The molecule has 0 radical (unpaired) electrons. The summed E-state index contributed by atoms with van der Waals surface area (Å²) in [6, 6.07) is 0. The molecule has 0 amide bonds. The second-order valence-corrected chi connectivity index (χ2v) is 3.31. The molecule has 5 nitrogen and oxygen atoms in total. The first-order chi connectivity index (χ1) is 7.34. The molecule has 0 saturated carbocycles. The van der Waals surface area contributed by atoms with Gasteiger partial charge < -0.3 is 15.8 Å². The summed E-state index contributed by atoms with van der Waals surface area (Å²) < 4.78 is 5.22. The number of nitrogens with zero attached hydrogens (tertiary/aromatic N) is 2. The Bertz CT molecular complexity index is 285. The fraction of sp³-hybridized carbons (Fsp3) is 0.556. The van der Waals surface area contributed by atoms with Crippen molar-refractivity contribution in [3.63, 3.8) is 0 Å². The number of hydrogen-bond donors (Lipinski definition) is 2. The number of aromatic nitrogens is 2. The van der Waals surface area contributed by atoms with E-state index in [9.17, 15) is 0 Å². The molecular formula is C9H15ClN4O. The highest BCUT2D eigenvalue weighted by molar-refractivity contribution is 6.32. The summed E-state index contributed by atoms with van der Waals surface area (Å²) >= 11 is 5.85. The van der Waals surface area contributed by atoms with Crippen LogP contribution in [0.15, 0.2) is 12.5 Å². The van der Waals surface area contributed by atoms with Crippen LogP contribution < -0.4 is 11.1 Å². The fourth-order valence-corrected chi connectivity index (χ4v) is 1.18. The van der Waals surface area contributed by atoms with Crippen molar-refractivity contribution in [2.75, 3.05) is 31.6 Å². The molecule has 0 spiro atoms. The first-order valence-corrected chi connectivity index (χ1v) is 5.19. The van der Waals surface area contributed by atoms with Crippen LogP contribution in [-0.4, -0.2) is 36.3 Å². The topological polar surface area (TPSA) is 73.1 Å². The Kier molecular flexibility index (Phi) is 5.99. The molecule has 84 valence electrons. The summed E-state index contributed by atoms with van der Waals surface area (Å²) in [4.78, 5) is 7.79. The molecule has 1 aromatic heterocycles. The van der Waals surface area contributed by atoms with Gasteiger partial charge in [0.1, 0.15) is 17.2 Å². The molecule has 0 bridgehead atoms. The van der Waals surface area contributed by atoms with Crippen LogP contribution in [0, 0.1) is 0 Å². The third-order valence-corrected chi connectivity index (χ3v) is 1.96. The molecule has 0 aliphatic rings. The fourth-order valence-electron chi connectivity index (χ4n) is 1.01. The minimum absolute atomic E-state index is 0.528. The monoisotopic (exact) mass is 230 g/mol. The van der Waals surface area contributed by atoms with Crippen molar-refractivity contribution in [2.24, 2.45) is 5.73 Å². The van der Waals surface area contributed by atoms with E-state index in [1.54, 1.807) is 6.20 Å². The maximum atomic E-state index is 5.85. The molecule has 0 aliphatic heterocycles. The van der Waals surface area contributed by atoms with Crippen LogP contribution in [-0.2, 0) is 4.74 Å². The quantitative estimate of drug-likeness (QED) is 0.682. The highest BCUT2D eigenvalue weighted by Crippen LogP contribution is 2.15. The molecular weight excluding hydrogens is 216 g/mol. The van der Waals surface area contributed by atoms with E-state index in [2.05, 4.69) is 15.3 Å². The average Bonchev–Trinajstić information content (AvgIpc) is 2.25. The predicted molar refractivity (Wildman–Crippen MR) is 60.0 cm³/mol. The molecule has 0 aromatic carbocycles. The minimum Gasteiger partial charge on any atom is -0.380 e. The summed E-state index contributed by atoms with van der Waals surface area (Å²) in [5.74, 6) is 0.658. The van der Waals surface area contributed by atoms with Crippen molar-refractivity contribution in [3.8, 4) is 0 Å². The van der Waals surface area contributed by atoms with Gasteiger partial charge in [0, 0.05) is 19.7 Å². The zero-order chi connectivity index (χ0) is 10.9. The van der Waals surface area contributed by atoms with Gasteiger partial charge in [-0.2, -0.15) is 0 Å². The van der Waals surface area contributed by atoms with E-state index in [1.165, 1.54) is 6.33 Å². The predicted octanol–water partition coefficient (Wildman–Crippen LogP) is 0.907. The number of nitrogens with two attached hydrogens (primary N) is 1. The Balaban J connectivity index is 2.12. The Labute approximate surface area is 94.0 Å². The summed E-state index contributed by atoms with van der Waals surface area (Å²) in [5.41, 5.74) is 5.28. The van der Waals surface area contributed by atoms with E-state index >= 15 is 0 Å². The van der Waals surface area contributed by atoms with Gasteiger partial charge in [0.05, 0.1) is 12.8 Å². The molecule has 1 aromatic rings. The Hall–Kier alpha value is -0.910. The van der Waals surface area contributed by atoms with Gasteiger partial charge in [-0.1, -0.05) is 11.6 Å². The van der Waals surface area contributed by atoms with Gasteiger partial charge in [0.15, 0.2) is 0 Å². The van der Waals surface area contributed by atoms with E-state index in [1.807, 2.05) is 0 Å². The van der Waals surface area contributed by atoms with Crippen molar-refractivity contribution >= 4 is 17.4 Å². The number of nitrogens with one attached hydrogen (secondary N) is 1. The average molecular weight is 231 g/mol. The van der Waals surface area contributed by atoms with E-state index in [0.717, 1.165) is 13.0 Å². The van der Waals surface area contributed by atoms with Gasteiger partial charge in [-0.3, -0.25) is 0 Å². The van der Waals surface area contributed by atoms with Gasteiger partial charge in [-0.05, 0) is 6.42 Å².